The van der Waals surface area contributed by atoms with Gasteiger partial charge in [-0.3, -0.25) is 0 Å². The lowest BCUT2D eigenvalue weighted by Crippen LogP contribution is -2.00. The Morgan fingerprint density at radius 1 is 0.577 bits per heavy atom. The maximum absolute atomic E-state index is 4.71. The predicted molar refractivity (Wildman–Crippen MR) is 101 cm³/mol. The molecule has 0 amide bonds. The van der Waals surface area contributed by atoms with E-state index in [-0.39, 0.29) is 0 Å². The highest BCUT2D eigenvalue weighted by Crippen LogP contribution is 2.30. The van der Waals surface area contributed by atoms with Gasteiger partial charge in [0.05, 0.1) is 33.5 Å². The molecule has 5 rings (SSSR count). The van der Waals surface area contributed by atoms with Gasteiger partial charge in [-0.05, 0) is 38.1 Å². The molecule has 6 nitrogen and oxygen atoms in total. The average Bonchev–Trinajstić information content (AvgIpc) is 3.21. The largest absolute Gasteiger partial charge is 0.213 e. The molecule has 0 bridgehead atoms. The lowest BCUT2D eigenvalue weighted by atomic mass is 10.2. The van der Waals surface area contributed by atoms with E-state index in [0.717, 1.165) is 44.8 Å². The number of aromatic nitrogens is 6. The first-order chi connectivity index (χ1) is 12.7. The molecular formula is C20H16N6. The minimum atomic E-state index is 0.747. The molecule has 2 aromatic carbocycles. The van der Waals surface area contributed by atoms with Gasteiger partial charge < -0.3 is 0 Å². The molecule has 0 aliphatic carbocycles. The number of benzene rings is 2. The maximum atomic E-state index is 4.71. The number of para-hydroxylation sites is 2. The first kappa shape index (κ1) is 14.8. The summed E-state index contributed by atoms with van der Waals surface area (Å²) in [6.07, 6.45) is 0. The molecule has 0 radical (unpaired) electrons. The van der Waals surface area contributed by atoms with E-state index >= 15 is 0 Å². The Labute approximate surface area is 149 Å². The van der Waals surface area contributed by atoms with Gasteiger partial charge in [-0.2, -0.15) is 10.2 Å². The highest BCUT2D eigenvalue weighted by atomic mass is 15.4. The van der Waals surface area contributed by atoms with Crippen molar-refractivity contribution in [3.8, 4) is 11.4 Å². The standard InChI is InChI=1S/C20H16N6/c1-13-17-18-14(2)24-26(16-11-7-4-8-12-16)20(18)22-21-19(17)25(23-13)15-9-5-3-6-10-15/h3-12H,1-2H3. The van der Waals surface area contributed by atoms with Gasteiger partial charge in [0, 0.05) is 0 Å². The third-order valence-electron chi connectivity index (χ3n) is 4.56. The molecule has 0 fully saturated rings. The monoisotopic (exact) mass is 340 g/mol. The van der Waals surface area contributed by atoms with Crippen LogP contribution in [-0.4, -0.2) is 29.8 Å². The SMILES string of the molecule is Cc1nn(-c2ccccc2)c2nnc3c(c(C)nn3-c3ccccc3)c12. The van der Waals surface area contributed by atoms with E-state index in [1.54, 1.807) is 0 Å². The van der Waals surface area contributed by atoms with Gasteiger partial charge in [-0.1, -0.05) is 36.4 Å². The van der Waals surface area contributed by atoms with Gasteiger partial charge in [0.2, 0.25) is 0 Å². The summed E-state index contributed by atoms with van der Waals surface area (Å²) in [5.41, 5.74) is 5.26. The number of nitrogens with zero attached hydrogens (tertiary/aromatic N) is 6. The number of rotatable bonds is 2. The van der Waals surface area contributed by atoms with Gasteiger partial charge in [0.1, 0.15) is 0 Å². The summed E-state index contributed by atoms with van der Waals surface area (Å²) in [6, 6.07) is 20.0. The quantitative estimate of drug-likeness (QED) is 0.491. The smallest absolute Gasteiger partial charge is 0.186 e. The molecule has 3 heterocycles. The van der Waals surface area contributed by atoms with Gasteiger partial charge in [0.25, 0.3) is 0 Å². The number of fused-ring (bicyclic) bond motifs is 3. The average molecular weight is 340 g/mol. The summed E-state index contributed by atoms with van der Waals surface area (Å²) in [5, 5.41) is 20.4. The molecule has 0 N–H and O–H groups in total. The van der Waals surface area contributed by atoms with Crippen molar-refractivity contribution < 1.29 is 0 Å². The van der Waals surface area contributed by atoms with Crippen LogP contribution in [0.3, 0.4) is 0 Å². The van der Waals surface area contributed by atoms with Crippen LogP contribution < -0.4 is 0 Å². The minimum absolute atomic E-state index is 0.747. The topological polar surface area (TPSA) is 61.4 Å². The van der Waals surface area contributed by atoms with Crippen LogP contribution in [0, 0.1) is 13.8 Å². The fourth-order valence-corrected chi connectivity index (χ4v) is 3.39. The number of aryl methyl sites for hydroxylation is 2. The van der Waals surface area contributed by atoms with Crippen molar-refractivity contribution in [2.75, 3.05) is 0 Å². The summed E-state index contributed by atoms with van der Waals surface area (Å²) < 4.78 is 3.69. The fourth-order valence-electron chi connectivity index (χ4n) is 3.39. The zero-order chi connectivity index (χ0) is 17.7. The van der Waals surface area contributed by atoms with E-state index in [0.29, 0.717) is 0 Å². The van der Waals surface area contributed by atoms with Crippen LogP contribution in [0.15, 0.2) is 60.7 Å². The van der Waals surface area contributed by atoms with Crippen molar-refractivity contribution in [2.24, 2.45) is 0 Å². The minimum Gasteiger partial charge on any atom is -0.213 e. The third kappa shape index (κ3) is 2.05. The molecule has 126 valence electrons. The summed E-state index contributed by atoms with van der Waals surface area (Å²) >= 11 is 0. The van der Waals surface area contributed by atoms with Crippen molar-refractivity contribution in [3.05, 3.63) is 72.1 Å². The van der Waals surface area contributed by atoms with E-state index in [9.17, 15) is 0 Å². The van der Waals surface area contributed by atoms with Crippen molar-refractivity contribution in [1.29, 1.82) is 0 Å². The Hall–Kier alpha value is -3.54. The van der Waals surface area contributed by atoms with Crippen molar-refractivity contribution in [2.45, 2.75) is 13.8 Å². The molecule has 0 atom stereocenters. The molecule has 0 spiro atoms. The molecule has 0 saturated carbocycles. The van der Waals surface area contributed by atoms with Crippen molar-refractivity contribution >= 4 is 22.1 Å². The molecule has 3 aromatic heterocycles. The molecule has 0 unspecified atom stereocenters. The lowest BCUT2D eigenvalue weighted by molar-refractivity contribution is 0.849. The van der Waals surface area contributed by atoms with Crippen LogP contribution in [0.1, 0.15) is 11.4 Å². The normalized spacial score (nSPS) is 11.5. The zero-order valence-corrected chi connectivity index (χ0v) is 14.5. The number of hydrogen-bond donors (Lipinski definition) is 0. The van der Waals surface area contributed by atoms with E-state index in [1.807, 2.05) is 83.9 Å². The lowest BCUT2D eigenvalue weighted by Gasteiger charge is -2.03. The molecule has 0 aliphatic heterocycles. The first-order valence-electron chi connectivity index (χ1n) is 8.46. The second-order valence-corrected chi connectivity index (χ2v) is 6.26. The highest BCUT2D eigenvalue weighted by molar-refractivity contribution is 6.05. The van der Waals surface area contributed by atoms with Gasteiger partial charge in [0.15, 0.2) is 11.3 Å². The molecule has 0 aliphatic rings. The number of hydrogen-bond acceptors (Lipinski definition) is 4. The van der Waals surface area contributed by atoms with Crippen LogP contribution >= 0.6 is 0 Å². The maximum Gasteiger partial charge on any atom is 0.186 e. The van der Waals surface area contributed by atoms with Crippen LogP contribution in [0.5, 0.6) is 0 Å². The van der Waals surface area contributed by atoms with Gasteiger partial charge in [-0.15, -0.1) is 10.2 Å². The van der Waals surface area contributed by atoms with E-state index < -0.39 is 0 Å². The summed E-state index contributed by atoms with van der Waals surface area (Å²) in [5.74, 6) is 0. The highest BCUT2D eigenvalue weighted by Gasteiger charge is 2.20. The fraction of sp³-hybridized carbons (Fsp3) is 0.100. The Kier molecular flexibility index (Phi) is 3.12. The van der Waals surface area contributed by atoms with Gasteiger partial charge >= 0.3 is 0 Å². The van der Waals surface area contributed by atoms with Gasteiger partial charge in [-0.25, -0.2) is 9.36 Å². The van der Waals surface area contributed by atoms with Crippen LogP contribution in [-0.2, 0) is 0 Å². The summed E-state index contributed by atoms with van der Waals surface area (Å²) in [7, 11) is 0. The third-order valence-corrected chi connectivity index (χ3v) is 4.56. The summed E-state index contributed by atoms with van der Waals surface area (Å²) in [6.45, 7) is 4.00. The van der Waals surface area contributed by atoms with Crippen molar-refractivity contribution in [1.82, 2.24) is 29.8 Å². The molecule has 26 heavy (non-hydrogen) atoms. The van der Waals surface area contributed by atoms with E-state index in [4.69, 9.17) is 10.2 Å². The Bertz CT molecular complexity index is 1140. The van der Waals surface area contributed by atoms with E-state index in [1.165, 1.54) is 0 Å². The second kappa shape index (κ2) is 5.49. The molecule has 6 heteroatoms. The molecular weight excluding hydrogens is 324 g/mol. The zero-order valence-electron chi connectivity index (χ0n) is 14.5. The van der Waals surface area contributed by atoms with Crippen LogP contribution in [0.4, 0.5) is 0 Å². The van der Waals surface area contributed by atoms with Crippen LogP contribution in [0.25, 0.3) is 33.4 Å². The molecule has 5 aromatic rings. The second-order valence-electron chi connectivity index (χ2n) is 6.26. The molecule has 0 saturated heterocycles. The first-order valence-corrected chi connectivity index (χ1v) is 8.46. The Balaban J connectivity index is 1.85. The van der Waals surface area contributed by atoms with Crippen LogP contribution in [0.2, 0.25) is 0 Å². The summed E-state index contributed by atoms with van der Waals surface area (Å²) in [4.78, 5) is 0. The predicted octanol–water partition coefficient (Wildman–Crippen LogP) is 3.77. The Morgan fingerprint density at radius 3 is 1.35 bits per heavy atom. The Morgan fingerprint density at radius 2 is 0.962 bits per heavy atom. The van der Waals surface area contributed by atoms with Crippen molar-refractivity contribution in [3.63, 3.8) is 0 Å². The van der Waals surface area contributed by atoms with E-state index in [2.05, 4.69) is 10.2 Å².